The summed E-state index contributed by atoms with van der Waals surface area (Å²) in [4.78, 5) is 4.64. The van der Waals surface area contributed by atoms with E-state index in [0.717, 1.165) is 55.5 Å². The molecule has 0 unspecified atom stereocenters. The smallest absolute Gasteiger partial charge is 0.0558 e. The van der Waals surface area contributed by atoms with E-state index in [4.69, 9.17) is 22.4 Å². The first-order chi connectivity index (χ1) is 8.69. The van der Waals surface area contributed by atoms with Crippen LogP contribution in [0.15, 0.2) is 18.2 Å². The van der Waals surface area contributed by atoms with Crippen LogP contribution in [0.1, 0.15) is 5.56 Å². The molecular weight excluding hydrogens is 250 g/mol. The number of nitrogen functional groups attached to an aromatic ring is 1. The maximum Gasteiger partial charge on any atom is 0.0558 e. The number of benzene rings is 1. The van der Waals surface area contributed by atoms with Crippen LogP contribution in [0.25, 0.3) is 0 Å². The lowest BCUT2D eigenvalue weighted by Crippen LogP contribution is -2.46. The van der Waals surface area contributed by atoms with Gasteiger partial charge in [0.25, 0.3) is 0 Å². The van der Waals surface area contributed by atoms with Crippen molar-refractivity contribution in [2.24, 2.45) is 0 Å². The highest BCUT2D eigenvalue weighted by Gasteiger charge is 2.17. The zero-order valence-corrected chi connectivity index (χ0v) is 11.2. The Morgan fingerprint density at radius 3 is 2.50 bits per heavy atom. The number of aliphatic hydroxyl groups is 1. The third-order valence-electron chi connectivity index (χ3n) is 3.34. The molecule has 5 heteroatoms. The summed E-state index contributed by atoms with van der Waals surface area (Å²) >= 11 is 6.17. The third-order valence-corrected chi connectivity index (χ3v) is 3.71. The highest BCUT2D eigenvalue weighted by atomic mass is 35.5. The van der Waals surface area contributed by atoms with E-state index in [9.17, 15) is 0 Å². The van der Waals surface area contributed by atoms with E-state index in [2.05, 4.69) is 9.80 Å². The fourth-order valence-corrected chi connectivity index (χ4v) is 2.45. The SMILES string of the molecule is Nc1ccc(Cl)c(CN2CCN(CCO)CC2)c1. The molecule has 1 aliphatic rings. The van der Waals surface area contributed by atoms with Gasteiger partial charge in [-0.15, -0.1) is 0 Å². The van der Waals surface area contributed by atoms with Gasteiger partial charge in [0.05, 0.1) is 6.61 Å². The summed E-state index contributed by atoms with van der Waals surface area (Å²) in [6.07, 6.45) is 0. The topological polar surface area (TPSA) is 52.7 Å². The molecule has 1 aromatic rings. The van der Waals surface area contributed by atoms with E-state index in [0.29, 0.717) is 0 Å². The molecule has 0 spiro atoms. The molecule has 1 aromatic carbocycles. The van der Waals surface area contributed by atoms with Gasteiger partial charge in [-0.3, -0.25) is 9.80 Å². The van der Waals surface area contributed by atoms with Gasteiger partial charge >= 0.3 is 0 Å². The van der Waals surface area contributed by atoms with Gasteiger partial charge in [0, 0.05) is 50.0 Å². The van der Waals surface area contributed by atoms with Crippen molar-refractivity contribution in [2.45, 2.75) is 6.54 Å². The molecule has 0 aromatic heterocycles. The van der Waals surface area contributed by atoms with Crippen molar-refractivity contribution < 1.29 is 5.11 Å². The molecule has 3 N–H and O–H groups in total. The molecule has 18 heavy (non-hydrogen) atoms. The standard InChI is InChI=1S/C13H20ClN3O/c14-13-2-1-12(15)9-11(13)10-17-5-3-16(4-6-17)7-8-18/h1-2,9,18H,3-8,10,15H2. The molecule has 0 amide bonds. The second-order valence-corrected chi connectivity index (χ2v) is 5.10. The highest BCUT2D eigenvalue weighted by Crippen LogP contribution is 2.21. The van der Waals surface area contributed by atoms with E-state index >= 15 is 0 Å². The predicted molar refractivity (Wildman–Crippen MR) is 74.7 cm³/mol. The van der Waals surface area contributed by atoms with Crippen LogP contribution >= 0.6 is 11.6 Å². The number of anilines is 1. The number of hydrogen-bond donors (Lipinski definition) is 2. The number of nitrogens with two attached hydrogens (primary N) is 1. The molecular formula is C13H20ClN3O. The Hall–Kier alpha value is -0.810. The summed E-state index contributed by atoms with van der Waals surface area (Å²) in [5, 5.41) is 9.68. The van der Waals surface area contributed by atoms with E-state index in [-0.39, 0.29) is 6.61 Å². The molecule has 1 heterocycles. The zero-order chi connectivity index (χ0) is 13.0. The van der Waals surface area contributed by atoms with Crippen molar-refractivity contribution >= 4 is 17.3 Å². The van der Waals surface area contributed by atoms with Crippen molar-refractivity contribution in [3.63, 3.8) is 0 Å². The average molecular weight is 270 g/mol. The van der Waals surface area contributed by atoms with Crippen LogP contribution in [0, 0.1) is 0 Å². The van der Waals surface area contributed by atoms with Gasteiger partial charge in [0.2, 0.25) is 0 Å². The Labute approximate surface area is 113 Å². The Morgan fingerprint density at radius 1 is 1.17 bits per heavy atom. The summed E-state index contributed by atoms with van der Waals surface area (Å²) in [7, 11) is 0. The zero-order valence-electron chi connectivity index (χ0n) is 10.5. The Kier molecular flexibility index (Phi) is 4.83. The largest absolute Gasteiger partial charge is 0.399 e. The summed E-state index contributed by atoms with van der Waals surface area (Å²) in [5.41, 5.74) is 7.63. The van der Waals surface area contributed by atoms with Crippen LogP contribution in [-0.2, 0) is 6.54 Å². The molecule has 0 saturated carbocycles. The normalized spacial score (nSPS) is 18.1. The first-order valence-corrected chi connectivity index (χ1v) is 6.66. The van der Waals surface area contributed by atoms with Gasteiger partial charge in [0.15, 0.2) is 0 Å². The van der Waals surface area contributed by atoms with Crippen LogP contribution in [0.2, 0.25) is 5.02 Å². The maximum absolute atomic E-state index is 8.90. The first-order valence-electron chi connectivity index (χ1n) is 6.28. The van der Waals surface area contributed by atoms with Gasteiger partial charge < -0.3 is 10.8 Å². The van der Waals surface area contributed by atoms with Crippen LogP contribution < -0.4 is 5.73 Å². The van der Waals surface area contributed by atoms with Crippen molar-refractivity contribution in [2.75, 3.05) is 45.1 Å². The Morgan fingerprint density at radius 2 is 1.83 bits per heavy atom. The van der Waals surface area contributed by atoms with Gasteiger partial charge in [0.1, 0.15) is 0 Å². The summed E-state index contributed by atoms with van der Waals surface area (Å²) in [5.74, 6) is 0. The van der Waals surface area contributed by atoms with Gasteiger partial charge in [-0.2, -0.15) is 0 Å². The lowest BCUT2D eigenvalue weighted by atomic mass is 10.1. The van der Waals surface area contributed by atoms with Gasteiger partial charge in [-0.1, -0.05) is 11.6 Å². The predicted octanol–water partition coefficient (Wildman–Crippen LogP) is 1.03. The number of hydrogen-bond acceptors (Lipinski definition) is 4. The Bertz CT molecular complexity index is 392. The number of piperazine rings is 1. The number of nitrogens with zero attached hydrogens (tertiary/aromatic N) is 2. The monoisotopic (exact) mass is 269 g/mol. The van der Waals surface area contributed by atoms with E-state index in [1.165, 1.54) is 0 Å². The molecule has 1 fully saturated rings. The summed E-state index contributed by atoms with van der Waals surface area (Å²) in [6, 6.07) is 5.63. The quantitative estimate of drug-likeness (QED) is 0.802. The number of halogens is 1. The fourth-order valence-electron chi connectivity index (χ4n) is 2.27. The van der Waals surface area contributed by atoms with Gasteiger partial charge in [-0.05, 0) is 23.8 Å². The van der Waals surface area contributed by atoms with E-state index in [1.807, 2.05) is 18.2 Å². The number of rotatable bonds is 4. The first kappa shape index (κ1) is 13.6. The summed E-state index contributed by atoms with van der Waals surface area (Å²) < 4.78 is 0. The third kappa shape index (κ3) is 3.59. The minimum absolute atomic E-state index is 0.237. The molecule has 0 atom stereocenters. The summed E-state index contributed by atoms with van der Waals surface area (Å²) in [6.45, 7) is 5.86. The lowest BCUT2D eigenvalue weighted by Gasteiger charge is -2.34. The second-order valence-electron chi connectivity index (χ2n) is 4.69. The van der Waals surface area contributed by atoms with Crippen LogP contribution in [0.5, 0.6) is 0 Å². The maximum atomic E-state index is 8.90. The molecule has 0 radical (unpaired) electrons. The molecule has 4 nitrogen and oxygen atoms in total. The number of β-amino-alcohol motifs (C(OH)–C–C–N with tert-alkyl or cyclic N) is 1. The number of aliphatic hydroxyl groups excluding tert-OH is 1. The molecule has 0 aliphatic carbocycles. The van der Waals surface area contributed by atoms with E-state index < -0.39 is 0 Å². The fraction of sp³-hybridized carbons (Fsp3) is 0.538. The lowest BCUT2D eigenvalue weighted by molar-refractivity contribution is 0.108. The van der Waals surface area contributed by atoms with Crippen molar-refractivity contribution in [3.8, 4) is 0 Å². The molecule has 1 aliphatic heterocycles. The molecule has 2 rings (SSSR count). The van der Waals surface area contributed by atoms with Crippen LogP contribution in [-0.4, -0.2) is 54.2 Å². The Balaban J connectivity index is 1.89. The average Bonchev–Trinajstić information content (AvgIpc) is 2.37. The second kappa shape index (κ2) is 6.38. The van der Waals surface area contributed by atoms with E-state index in [1.54, 1.807) is 0 Å². The van der Waals surface area contributed by atoms with Crippen molar-refractivity contribution in [3.05, 3.63) is 28.8 Å². The molecule has 0 bridgehead atoms. The molecule has 1 saturated heterocycles. The van der Waals surface area contributed by atoms with Crippen LogP contribution in [0.4, 0.5) is 5.69 Å². The van der Waals surface area contributed by atoms with Gasteiger partial charge in [-0.25, -0.2) is 0 Å². The minimum atomic E-state index is 0.237. The molecule has 100 valence electrons. The minimum Gasteiger partial charge on any atom is -0.399 e. The van der Waals surface area contributed by atoms with Crippen LogP contribution in [0.3, 0.4) is 0 Å². The highest BCUT2D eigenvalue weighted by molar-refractivity contribution is 6.31. The van der Waals surface area contributed by atoms with Crippen molar-refractivity contribution in [1.29, 1.82) is 0 Å². The van der Waals surface area contributed by atoms with Crippen molar-refractivity contribution in [1.82, 2.24) is 9.80 Å².